The van der Waals surface area contributed by atoms with Crippen molar-refractivity contribution in [3.63, 3.8) is 0 Å². The van der Waals surface area contributed by atoms with E-state index in [9.17, 15) is 9.59 Å². The van der Waals surface area contributed by atoms with Crippen molar-refractivity contribution in [1.82, 2.24) is 10.6 Å². The van der Waals surface area contributed by atoms with E-state index in [1.807, 2.05) is 0 Å². The third kappa shape index (κ3) is 38.6. The number of amides is 2. The standard InChI is InChI=1S/C38H76N2O5/c1-3-5-7-9-11-13-15-17-19-21-23-25-27-29-31-39-37(41)44-35-33-43-34-36-45-38(42)40-32-30-28-26-24-22-20-18-16-14-12-10-8-6-4-2/h3-36H2,1-2H3,(H,39,41)(H,40,42). The Kier molecular flexibility index (Phi) is 37.4. The Morgan fingerprint density at radius 3 is 0.867 bits per heavy atom. The highest BCUT2D eigenvalue weighted by molar-refractivity contribution is 5.67. The number of carbonyl (C=O) groups is 2. The van der Waals surface area contributed by atoms with E-state index in [0.29, 0.717) is 13.1 Å². The second-order valence-corrected chi connectivity index (χ2v) is 12.9. The summed E-state index contributed by atoms with van der Waals surface area (Å²) in [5, 5.41) is 5.61. The van der Waals surface area contributed by atoms with Crippen LogP contribution in [0.4, 0.5) is 9.59 Å². The fourth-order valence-corrected chi connectivity index (χ4v) is 5.61. The molecule has 2 amide bonds. The Labute approximate surface area is 279 Å². The molecule has 0 radical (unpaired) electrons. The Hall–Kier alpha value is -1.50. The summed E-state index contributed by atoms with van der Waals surface area (Å²) in [5.41, 5.74) is 0. The van der Waals surface area contributed by atoms with Crippen molar-refractivity contribution in [3.8, 4) is 0 Å². The molecule has 0 bridgehead atoms. The maximum Gasteiger partial charge on any atom is 0.407 e. The quantitative estimate of drug-likeness (QED) is 0.0665. The minimum Gasteiger partial charge on any atom is -0.447 e. The Morgan fingerprint density at radius 2 is 0.600 bits per heavy atom. The summed E-state index contributed by atoms with van der Waals surface area (Å²) in [6, 6.07) is 0. The topological polar surface area (TPSA) is 85.9 Å². The van der Waals surface area contributed by atoms with Gasteiger partial charge in [-0.3, -0.25) is 0 Å². The molecule has 0 unspecified atom stereocenters. The normalized spacial score (nSPS) is 11.1. The predicted octanol–water partition coefficient (Wildman–Crippen LogP) is 11.4. The summed E-state index contributed by atoms with van der Waals surface area (Å²) in [6.45, 7) is 6.81. The Balaban J connectivity index is 3.24. The van der Waals surface area contributed by atoms with Crippen molar-refractivity contribution in [2.24, 2.45) is 0 Å². The molecule has 0 aromatic carbocycles. The van der Waals surface area contributed by atoms with Crippen LogP contribution >= 0.6 is 0 Å². The average Bonchev–Trinajstić information content (AvgIpc) is 3.04. The van der Waals surface area contributed by atoms with E-state index in [4.69, 9.17) is 14.2 Å². The molecule has 0 atom stereocenters. The molecule has 0 fully saturated rings. The molecule has 7 nitrogen and oxygen atoms in total. The number of ether oxygens (including phenoxy) is 3. The first-order valence-corrected chi connectivity index (χ1v) is 19.6. The molecule has 0 saturated carbocycles. The highest BCUT2D eigenvalue weighted by Gasteiger charge is 2.03. The lowest BCUT2D eigenvalue weighted by molar-refractivity contribution is 0.0457. The van der Waals surface area contributed by atoms with Gasteiger partial charge in [-0.1, -0.05) is 181 Å². The van der Waals surface area contributed by atoms with Crippen molar-refractivity contribution in [1.29, 1.82) is 0 Å². The monoisotopic (exact) mass is 641 g/mol. The molecule has 0 aliphatic rings. The molecule has 0 aliphatic heterocycles. The van der Waals surface area contributed by atoms with Gasteiger partial charge in [0.25, 0.3) is 0 Å². The van der Waals surface area contributed by atoms with Crippen molar-refractivity contribution < 1.29 is 23.8 Å². The second kappa shape index (κ2) is 38.7. The number of unbranched alkanes of at least 4 members (excludes halogenated alkanes) is 26. The van der Waals surface area contributed by atoms with Crippen LogP contribution in [0.15, 0.2) is 0 Å². The van der Waals surface area contributed by atoms with Crippen molar-refractivity contribution in [2.45, 2.75) is 194 Å². The maximum absolute atomic E-state index is 11.8. The summed E-state index contributed by atoms with van der Waals surface area (Å²) >= 11 is 0. The van der Waals surface area contributed by atoms with Gasteiger partial charge in [0.1, 0.15) is 13.2 Å². The summed E-state index contributed by atoms with van der Waals surface area (Å²) < 4.78 is 15.6. The summed E-state index contributed by atoms with van der Waals surface area (Å²) in [5.74, 6) is 0. The molecular formula is C38H76N2O5. The lowest BCUT2D eigenvalue weighted by Gasteiger charge is -2.09. The van der Waals surface area contributed by atoms with Crippen LogP contribution in [-0.4, -0.2) is 51.7 Å². The van der Waals surface area contributed by atoms with Crippen LogP contribution in [0.2, 0.25) is 0 Å². The lowest BCUT2D eigenvalue weighted by Crippen LogP contribution is -2.27. The summed E-state index contributed by atoms with van der Waals surface area (Å²) in [4.78, 5) is 23.5. The first-order chi connectivity index (χ1) is 22.2. The number of nitrogens with one attached hydrogen (secondary N) is 2. The van der Waals surface area contributed by atoms with Crippen LogP contribution in [0.1, 0.15) is 194 Å². The molecule has 45 heavy (non-hydrogen) atoms. The smallest absolute Gasteiger partial charge is 0.407 e. The first-order valence-electron chi connectivity index (χ1n) is 19.6. The van der Waals surface area contributed by atoms with Gasteiger partial charge in [-0.25, -0.2) is 9.59 Å². The predicted molar refractivity (Wildman–Crippen MR) is 190 cm³/mol. The number of carbonyl (C=O) groups excluding carboxylic acids is 2. The average molecular weight is 641 g/mol. The number of hydrogen-bond acceptors (Lipinski definition) is 5. The number of alkyl carbamates (subject to hydrolysis) is 2. The van der Waals surface area contributed by atoms with E-state index in [1.54, 1.807) is 0 Å². The maximum atomic E-state index is 11.8. The fourth-order valence-electron chi connectivity index (χ4n) is 5.61. The van der Waals surface area contributed by atoms with E-state index in [1.165, 1.54) is 154 Å². The van der Waals surface area contributed by atoms with Crippen molar-refractivity contribution >= 4 is 12.2 Å². The third-order valence-electron chi connectivity index (χ3n) is 8.52. The highest BCUT2D eigenvalue weighted by atomic mass is 16.6. The van der Waals surface area contributed by atoms with Crippen LogP contribution in [0, 0.1) is 0 Å². The molecule has 0 spiro atoms. The van der Waals surface area contributed by atoms with Gasteiger partial charge in [0.05, 0.1) is 13.2 Å². The zero-order valence-electron chi connectivity index (χ0n) is 30.1. The molecule has 0 aliphatic carbocycles. The third-order valence-corrected chi connectivity index (χ3v) is 8.52. The summed E-state index contributed by atoms with van der Waals surface area (Å²) in [7, 11) is 0. The van der Waals surface area contributed by atoms with Gasteiger partial charge < -0.3 is 24.8 Å². The SMILES string of the molecule is CCCCCCCCCCCCCCCCNC(=O)OCCOCCOC(=O)NCCCCCCCCCCCCCCCC. The Morgan fingerprint density at radius 1 is 0.356 bits per heavy atom. The van der Waals surface area contributed by atoms with Crippen LogP contribution < -0.4 is 10.6 Å². The molecule has 2 N–H and O–H groups in total. The van der Waals surface area contributed by atoms with Crippen LogP contribution in [0.5, 0.6) is 0 Å². The molecular weight excluding hydrogens is 564 g/mol. The molecule has 0 aromatic rings. The lowest BCUT2D eigenvalue weighted by atomic mass is 10.0. The van der Waals surface area contributed by atoms with Crippen LogP contribution in [0.25, 0.3) is 0 Å². The fraction of sp³-hybridized carbons (Fsp3) is 0.947. The van der Waals surface area contributed by atoms with E-state index in [0.717, 1.165) is 25.7 Å². The molecule has 268 valence electrons. The minimum atomic E-state index is -0.396. The minimum absolute atomic E-state index is 0.190. The van der Waals surface area contributed by atoms with Crippen LogP contribution in [-0.2, 0) is 14.2 Å². The molecule has 0 rings (SSSR count). The van der Waals surface area contributed by atoms with E-state index < -0.39 is 12.2 Å². The van der Waals surface area contributed by atoms with Gasteiger partial charge in [0.15, 0.2) is 0 Å². The van der Waals surface area contributed by atoms with E-state index in [-0.39, 0.29) is 26.4 Å². The summed E-state index contributed by atoms with van der Waals surface area (Å²) in [6.07, 6.45) is 36.2. The van der Waals surface area contributed by atoms with Gasteiger partial charge in [0, 0.05) is 13.1 Å². The van der Waals surface area contributed by atoms with Gasteiger partial charge in [-0.2, -0.15) is 0 Å². The van der Waals surface area contributed by atoms with Gasteiger partial charge in [0.2, 0.25) is 0 Å². The zero-order chi connectivity index (χ0) is 32.7. The largest absolute Gasteiger partial charge is 0.447 e. The van der Waals surface area contributed by atoms with E-state index >= 15 is 0 Å². The van der Waals surface area contributed by atoms with Gasteiger partial charge in [-0.05, 0) is 12.8 Å². The van der Waals surface area contributed by atoms with E-state index in [2.05, 4.69) is 24.5 Å². The van der Waals surface area contributed by atoms with Crippen LogP contribution in [0.3, 0.4) is 0 Å². The van der Waals surface area contributed by atoms with Crippen molar-refractivity contribution in [2.75, 3.05) is 39.5 Å². The molecule has 7 heteroatoms. The highest BCUT2D eigenvalue weighted by Crippen LogP contribution is 2.14. The second-order valence-electron chi connectivity index (χ2n) is 12.9. The molecule has 0 heterocycles. The van der Waals surface area contributed by atoms with Gasteiger partial charge in [-0.15, -0.1) is 0 Å². The molecule has 0 aromatic heterocycles. The number of hydrogen-bond donors (Lipinski definition) is 2. The van der Waals surface area contributed by atoms with Gasteiger partial charge >= 0.3 is 12.2 Å². The zero-order valence-corrected chi connectivity index (χ0v) is 30.1. The molecule has 0 saturated heterocycles. The Bertz CT molecular complexity index is 555. The first kappa shape index (κ1) is 43.5. The number of rotatable bonds is 36. The van der Waals surface area contributed by atoms with Crippen molar-refractivity contribution in [3.05, 3.63) is 0 Å².